The summed E-state index contributed by atoms with van der Waals surface area (Å²) >= 11 is 0. The second kappa shape index (κ2) is 9.18. The van der Waals surface area contributed by atoms with Crippen LogP contribution in [-0.4, -0.2) is 25.2 Å². The zero-order valence-corrected chi connectivity index (χ0v) is 16.0. The first-order valence-corrected chi connectivity index (χ1v) is 10.1. The van der Waals surface area contributed by atoms with E-state index in [4.69, 9.17) is 0 Å². The number of benzene rings is 2. The maximum Gasteiger partial charge on any atom is 0.146 e. The van der Waals surface area contributed by atoms with Gasteiger partial charge >= 0.3 is 0 Å². The molecule has 0 aromatic heterocycles. The Bertz CT molecular complexity index is 669. The van der Waals surface area contributed by atoms with Gasteiger partial charge in [-0.05, 0) is 61.9 Å². The van der Waals surface area contributed by atoms with Crippen molar-refractivity contribution in [1.82, 2.24) is 5.32 Å². The van der Waals surface area contributed by atoms with E-state index in [1.54, 1.807) is 12.1 Å². The Morgan fingerprint density at radius 1 is 1.00 bits per heavy atom. The molecule has 2 aliphatic rings. The van der Waals surface area contributed by atoms with Crippen molar-refractivity contribution < 1.29 is 4.39 Å². The van der Waals surface area contributed by atoms with Crippen LogP contribution < -0.4 is 10.2 Å². The van der Waals surface area contributed by atoms with Crippen LogP contribution in [0.4, 0.5) is 10.1 Å². The summed E-state index contributed by atoms with van der Waals surface area (Å²) < 4.78 is 14.5. The number of hydrogen-bond acceptors (Lipinski definition) is 2. The van der Waals surface area contributed by atoms with Crippen LogP contribution in [0.3, 0.4) is 0 Å². The lowest BCUT2D eigenvalue weighted by atomic mass is 10.1. The van der Waals surface area contributed by atoms with Gasteiger partial charge in [0, 0.05) is 18.6 Å². The molecule has 1 unspecified atom stereocenters. The van der Waals surface area contributed by atoms with Gasteiger partial charge in [-0.15, -0.1) is 0 Å². The molecule has 0 spiro atoms. The van der Waals surface area contributed by atoms with Gasteiger partial charge in [0.05, 0.1) is 5.69 Å². The molecule has 1 fully saturated rings. The van der Waals surface area contributed by atoms with Crippen LogP contribution in [-0.2, 0) is 12.8 Å². The van der Waals surface area contributed by atoms with Crippen LogP contribution in [0.15, 0.2) is 48.5 Å². The first-order valence-electron chi connectivity index (χ1n) is 10.1. The first-order chi connectivity index (χ1) is 12.8. The van der Waals surface area contributed by atoms with Crippen molar-refractivity contribution in [2.24, 2.45) is 0 Å². The van der Waals surface area contributed by atoms with Crippen LogP contribution in [0.1, 0.15) is 44.2 Å². The van der Waals surface area contributed by atoms with Crippen molar-refractivity contribution in [2.45, 2.75) is 58.0 Å². The van der Waals surface area contributed by atoms with E-state index >= 15 is 0 Å². The van der Waals surface area contributed by atoms with Gasteiger partial charge in [0.1, 0.15) is 5.82 Å². The van der Waals surface area contributed by atoms with Gasteiger partial charge in [-0.2, -0.15) is 0 Å². The molecule has 2 aromatic carbocycles. The van der Waals surface area contributed by atoms with Crippen LogP contribution in [0.5, 0.6) is 0 Å². The molecule has 1 aliphatic heterocycles. The zero-order valence-electron chi connectivity index (χ0n) is 16.0. The molecule has 140 valence electrons. The van der Waals surface area contributed by atoms with Gasteiger partial charge in [0.2, 0.25) is 0 Å². The highest BCUT2D eigenvalue weighted by molar-refractivity contribution is 5.51. The standard InChI is InChI=1S/C21H25FN2.C2H6/c22-20-9-3-4-10-21(20)24(13-11-18-8-5-12-23-18)19-14-16-6-1-2-7-17(16)15-19;1-2/h1-4,6-7,9-10,18-19,23H,5,8,11-15H2;1-2H3. The Morgan fingerprint density at radius 3 is 2.27 bits per heavy atom. The average molecular weight is 355 g/mol. The monoisotopic (exact) mass is 354 g/mol. The molecular formula is C23H31FN2. The van der Waals surface area contributed by atoms with Gasteiger partial charge in [-0.25, -0.2) is 4.39 Å². The van der Waals surface area contributed by atoms with Crippen LogP contribution in [0.2, 0.25) is 0 Å². The highest BCUT2D eigenvalue weighted by Crippen LogP contribution is 2.30. The van der Waals surface area contributed by atoms with Crippen molar-refractivity contribution in [1.29, 1.82) is 0 Å². The van der Waals surface area contributed by atoms with Crippen molar-refractivity contribution in [3.63, 3.8) is 0 Å². The number of anilines is 1. The molecule has 3 heteroatoms. The SMILES string of the molecule is CC.Fc1ccccc1N(CCC1CCCN1)C1Cc2ccccc2C1. The van der Waals surface area contributed by atoms with Crippen molar-refractivity contribution in [2.75, 3.05) is 18.0 Å². The molecule has 2 nitrogen and oxygen atoms in total. The molecular weight excluding hydrogens is 323 g/mol. The normalized spacial score (nSPS) is 19.0. The molecule has 0 amide bonds. The van der Waals surface area contributed by atoms with E-state index in [0.29, 0.717) is 12.1 Å². The molecule has 0 saturated carbocycles. The predicted octanol–water partition coefficient (Wildman–Crippen LogP) is 4.97. The third-order valence-corrected chi connectivity index (χ3v) is 5.51. The number of hydrogen-bond donors (Lipinski definition) is 1. The zero-order chi connectivity index (χ0) is 18.4. The first kappa shape index (κ1) is 18.9. The van der Waals surface area contributed by atoms with E-state index in [0.717, 1.165) is 38.0 Å². The van der Waals surface area contributed by atoms with Gasteiger partial charge in [-0.1, -0.05) is 50.2 Å². The maximum absolute atomic E-state index is 14.5. The molecule has 2 aromatic rings. The highest BCUT2D eigenvalue weighted by Gasteiger charge is 2.28. The third-order valence-electron chi connectivity index (χ3n) is 5.51. The minimum atomic E-state index is -0.104. The molecule has 0 radical (unpaired) electrons. The Labute approximate surface area is 157 Å². The highest BCUT2D eigenvalue weighted by atomic mass is 19.1. The number of fused-ring (bicyclic) bond motifs is 1. The molecule has 1 N–H and O–H groups in total. The fourth-order valence-corrected chi connectivity index (χ4v) is 4.24. The second-order valence-electron chi connectivity index (χ2n) is 7.06. The summed E-state index contributed by atoms with van der Waals surface area (Å²) in [5.41, 5.74) is 3.60. The summed E-state index contributed by atoms with van der Waals surface area (Å²) in [7, 11) is 0. The average Bonchev–Trinajstić information content (AvgIpc) is 3.34. The molecule has 1 heterocycles. The summed E-state index contributed by atoms with van der Waals surface area (Å²) in [5, 5.41) is 3.57. The summed E-state index contributed by atoms with van der Waals surface area (Å²) in [6.07, 6.45) is 5.63. The van der Waals surface area contributed by atoms with Crippen molar-refractivity contribution in [3.8, 4) is 0 Å². The number of rotatable bonds is 5. The smallest absolute Gasteiger partial charge is 0.146 e. The summed E-state index contributed by atoms with van der Waals surface area (Å²) in [6, 6.07) is 16.8. The number of nitrogens with zero attached hydrogens (tertiary/aromatic N) is 1. The third kappa shape index (κ3) is 4.27. The minimum Gasteiger partial charge on any atom is -0.365 e. The fourth-order valence-electron chi connectivity index (χ4n) is 4.24. The van der Waals surface area contributed by atoms with Gasteiger partial charge in [0.15, 0.2) is 0 Å². The number of nitrogens with one attached hydrogen (secondary N) is 1. The van der Waals surface area contributed by atoms with Crippen molar-refractivity contribution in [3.05, 3.63) is 65.5 Å². The Kier molecular flexibility index (Phi) is 6.67. The largest absolute Gasteiger partial charge is 0.365 e. The van der Waals surface area contributed by atoms with E-state index in [-0.39, 0.29) is 5.82 Å². The van der Waals surface area contributed by atoms with Gasteiger partial charge < -0.3 is 10.2 Å². The minimum absolute atomic E-state index is 0.104. The van der Waals surface area contributed by atoms with E-state index in [2.05, 4.69) is 34.5 Å². The molecule has 26 heavy (non-hydrogen) atoms. The molecule has 1 aliphatic carbocycles. The lowest BCUT2D eigenvalue weighted by molar-refractivity contribution is 0.512. The Hall–Kier alpha value is -1.87. The van der Waals surface area contributed by atoms with Crippen LogP contribution in [0, 0.1) is 5.82 Å². The van der Waals surface area contributed by atoms with E-state index in [1.165, 1.54) is 24.0 Å². The predicted molar refractivity (Wildman–Crippen MR) is 108 cm³/mol. The van der Waals surface area contributed by atoms with Crippen LogP contribution >= 0.6 is 0 Å². The fraction of sp³-hybridized carbons (Fsp3) is 0.478. The number of para-hydroxylation sites is 1. The Morgan fingerprint density at radius 2 is 1.65 bits per heavy atom. The summed E-state index contributed by atoms with van der Waals surface area (Å²) in [4.78, 5) is 2.31. The molecule has 4 rings (SSSR count). The molecule has 0 bridgehead atoms. The Balaban J connectivity index is 0.000000948. The quantitative estimate of drug-likeness (QED) is 0.816. The number of halogens is 1. The summed E-state index contributed by atoms with van der Waals surface area (Å²) in [6.45, 7) is 6.04. The molecule has 1 saturated heterocycles. The second-order valence-corrected chi connectivity index (χ2v) is 7.06. The van der Waals surface area contributed by atoms with Gasteiger partial charge in [0.25, 0.3) is 0 Å². The summed E-state index contributed by atoms with van der Waals surface area (Å²) in [5.74, 6) is -0.104. The van der Waals surface area contributed by atoms with E-state index in [1.807, 2.05) is 26.0 Å². The lowest BCUT2D eigenvalue weighted by Crippen LogP contribution is -2.39. The lowest BCUT2D eigenvalue weighted by Gasteiger charge is -2.32. The maximum atomic E-state index is 14.5. The topological polar surface area (TPSA) is 15.3 Å². The van der Waals surface area contributed by atoms with Crippen molar-refractivity contribution >= 4 is 5.69 Å². The molecule has 1 atom stereocenters. The van der Waals surface area contributed by atoms with E-state index in [9.17, 15) is 4.39 Å². The van der Waals surface area contributed by atoms with E-state index < -0.39 is 0 Å². The van der Waals surface area contributed by atoms with Crippen LogP contribution in [0.25, 0.3) is 0 Å². The van der Waals surface area contributed by atoms with Gasteiger partial charge in [-0.3, -0.25) is 0 Å².